The summed E-state index contributed by atoms with van der Waals surface area (Å²) < 4.78 is 12.2. The second kappa shape index (κ2) is 11.7. The van der Waals surface area contributed by atoms with Crippen molar-refractivity contribution in [2.24, 2.45) is 0 Å². The average Bonchev–Trinajstić information content (AvgIpc) is 2.88. The smallest absolute Gasteiger partial charge is 0.408 e. The minimum atomic E-state index is -0.781. The van der Waals surface area contributed by atoms with Gasteiger partial charge in [-0.05, 0) is 37.5 Å². The Morgan fingerprint density at radius 3 is 2.24 bits per heavy atom. The molecule has 0 radical (unpaired) electrons. The number of hydrogen-bond acceptors (Lipinski definition) is 6. The summed E-state index contributed by atoms with van der Waals surface area (Å²) in [6.07, 6.45) is 2.51. The first-order valence-electron chi connectivity index (χ1n) is 11.9. The molecule has 2 unspecified atom stereocenters. The van der Waals surface area contributed by atoms with Gasteiger partial charge in [0.1, 0.15) is 22.7 Å². The van der Waals surface area contributed by atoms with Gasteiger partial charge in [-0.25, -0.2) is 9.59 Å². The SMILES string of the molecule is CC(C)(C)OC(=O)NC1C(=O)N2C(C(=O)OC(c3ccccc3)c3ccccc3)=C(/C=C/CI)CSC12. The summed E-state index contributed by atoms with van der Waals surface area (Å²) in [7, 11) is 0. The maximum atomic E-state index is 13.7. The molecule has 1 N–H and O–H groups in total. The van der Waals surface area contributed by atoms with Gasteiger partial charge in [0.25, 0.3) is 5.91 Å². The standard InChI is InChI=1S/C28H29IN2O5S/c1-28(2,3)36-27(34)30-21-24(32)31-22(20(15-10-16-29)17-37-25(21)31)26(33)35-23(18-11-6-4-7-12-18)19-13-8-5-9-14-19/h4-15,21,23,25H,16-17H2,1-3H3,(H,30,34)/b15-10+. The number of ether oxygens (including phenoxy) is 2. The van der Waals surface area contributed by atoms with Gasteiger partial charge in [-0.2, -0.15) is 0 Å². The van der Waals surface area contributed by atoms with Crippen molar-refractivity contribution in [3.05, 3.63) is 95.2 Å². The van der Waals surface area contributed by atoms with E-state index in [1.165, 1.54) is 16.7 Å². The van der Waals surface area contributed by atoms with Crippen LogP contribution in [0.5, 0.6) is 0 Å². The highest BCUT2D eigenvalue weighted by Crippen LogP contribution is 2.42. The molecular formula is C28H29IN2O5S. The summed E-state index contributed by atoms with van der Waals surface area (Å²) >= 11 is 3.71. The number of rotatable bonds is 7. The zero-order valence-electron chi connectivity index (χ0n) is 20.8. The molecule has 7 nitrogen and oxygen atoms in total. The van der Waals surface area contributed by atoms with Crippen molar-refractivity contribution in [2.45, 2.75) is 43.9 Å². The van der Waals surface area contributed by atoms with Gasteiger partial charge in [0.15, 0.2) is 6.10 Å². The fourth-order valence-corrected chi connectivity index (χ4v) is 5.70. The van der Waals surface area contributed by atoms with E-state index in [2.05, 4.69) is 27.9 Å². The summed E-state index contributed by atoms with van der Waals surface area (Å²) in [6, 6.07) is 18.2. The van der Waals surface area contributed by atoms with E-state index in [-0.39, 0.29) is 11.6 Å². The molecule has 1 fully saturated rings. The van der Waals surface area contributed by atoms with Crippen LogP contribution in [0.2, 0.25) is 0 Å². The minimum Gasteiger partial charge on any atom is -0.448 e. The van der Waals surface area contributed by atoms with Crippen molar-refractivity contribution < 1.29 is 23.9 Å². The van der Waals surface area contributed by atoms with E-state index in [4.69, 9.17) is 9.47 Å². The molecule has 0 spiro atoms. The van der Waals surface area contributed by atoms with E-state index in [1.807, 2.05) is 72.8 Å². The number of hydrogen-bond donors (Lipinski definition) is 1. The number of thioether (sulfide) groups is 1. The molecule has 4 rings (SSSR count). The Bertz CT molecular complexity index is 1170. The van der Waals surface area contributed by atoms with Gasteiger partial charge >= 0.3 is 12.1 Å². The Morgan fingerprint density at radius 1 is 1.11 bits per heavy atom. The Balaban J connectivity index is 1.62. The van der Waals surface area contributed by atoms with Gasteiger partial charge in [-0.1, -0.05) is 95.4 Å². The van der Waals surface area contributed by atoms with E-state index in [1.54, 1.807) is 20.8 Å². The van der Waals surface area contributed by atoms with Crippen molar-refractivity contribution in [3.8, 4) is 0 Å². The third-order valence-electron chi connectivity index (χ3n) is 5.70. The topological polar surface area (TPSA) is 84.9 Å². The van der Waals surface area contributed by atoms with E-state index in [0.29, 0.717) is 11.3 Å². The fourth-order valence-electron chi connectivity index (χ4n) is 4.13. The van der Waals surface area contributed by atoms with Crippen LogP contribution >= 0.6 is 34.4 Å². The molecule has 2 amide bonds. The Morgan fingerprint density at radius 2 is 1.70 bits per heavy atom. The van der Waals surface area contributed by atoms with Gasteiger partial charge in [-0.15, -0.1) is 11.8 Å². The zero-order chi connectivity index (χ0) is 26.6. The summed E-state index contributed by atoms with van der Waals surface area (Å²) in [5.41, 5.74) is 1.90. The Hall–Kier alpha value is -2.79. The molecule has 0 saturated carbocycles. The normalized spacial score (nSPS) is 19.5. The number of amides is 2. The monoisotopic (exact) mass is 632 g/mol. The van der Waals surface area contributed by atoms with Crippen LogP contribution < -0.4 is 5.32 Å². The molecule has 37 heavy (non-hydrogen) atoms. The lowest BCUT2D eigenvalue weighted by molar-refractivity contribution is -0.153. The molecule has 2 aromatic rings. The molecule has 9 heteroatoms. The largest absolute Gasteiger partial charge is 0.448 e. The number of fused-ring (bicyclic) bond motifs is 1. The molecule has 0 aromatic heterocycles. The number of esters is 1. The van der Waals surface area contributed by atoms with Crippen LogP contribution in [0, 0.1) is 0 Å². The van der Waals surface area contributed by atoms with E-state index in [0.717, 1.165) is 15.6 Å². The summed E-state index contributed by atoms with van der Waals surface area (Å²) in [5.74, 6) is -0.452. The lowest BCUT2D eigenvalue weighted by Crippen LogP contribution is -2.70. The quantitative estimate of drug-likeness (QED) is 0.191. The van der Waals surface area contributed by atoms with Gasteiger partial charge in [0.2, 0.25) is 0 Å². The van der Waals surface area contributed by atoms with Crippen LogP contribution in [0.15, 0.2) is 84.1 Å². The number of nitrogens with zero attached hydrogens (tertiary/aromatic N) is 1. The molecule has 0 aliphatic carbocycles. The molecule has 2 heterocycles. The molecule has 194 valence electrons. The van der Waals surface area contributed by atoms with Crippen molar-refractivity contribution in [3.63, 3.8) is 0 Å². The third-order valence-corrected chi connectivity index (χ3v) is 7.51. The van der Waals surface area contributed by atoms with E-state index in [9.17, 15) is 14.4 Å². The van der Waals surface area contributed by atoms with Crippen molar-refractivity contribution in [2.75, 3.05) is 10.2 Å². The highest BCUT2D eigenvalue weighted by atomic mass is 127. The number of halogens is 1. The summed E-state index contributed by atoms with van der Waals surface area (Å²) in [4.78, 5) is 40.8. The van der Waals surface area contributed by atoms with Crippen LogP contribution in [-0.4, -0.2) is 50.1 Å². The van der Waals surface area contributed by atoms with Crippen LogP contribution in [0.1, 0.15) is 38.0 Å². The molecule has 2 aromatic carbocycles. The number of alkyl halides is 1. The number of β-lactam (4-membered cyclic amide) rings is 1. The van der Waals surface area contributed by atoms with Crippen LogP contribution in [0.3, 0.4) is 0 Å². The number of alkyl carbamates (subject to hydrolysis) is 1. The van der Waals surface area contributed by atoms with Gasteiger partial charge in [0, 0.05) is 10.2 Å². The maximum Gasteiger partial charge on any atom is 0.408 e. The first-order chi connectivity index (χ1) is 17.7. The average molecular weight is 633 g/mol. The fraction of sp³-hybridized carbons (Fsp3) is 0.321. The maximum absolute atomic E-state index is 13.7. The number of carbonyl (C=O) groups is 3. The summed E-state index contributed by atoms with van der Waals surface area (Å²) in [6.45, 7) is 5.28. The lowest BCUT2D eigenvalue weighted by Gasteiger charge is -2.49. The third kappa shape index (κ3) is 6.38. The van der Waals surface area contributed by atoms with E-state index >= 15 is 0 Å². The predicted molar refractivity (Wildman–Crippen MR) is 152 cm³/mol. The van der Waals surface area contributed by atoms with Gasteiger partial charge in [0.05, 0.1) is 0 Å². The number of carbonyl (C=O) groups excluding carboxylic acids is 3. The highest BCUT2D eigenvalue weighted by molar-refractivity contribution is 14.1. The first-order valence-corrected chi connectivity index (χ1v) is 14.5. The highest BCUT2D eigenvalue weighted by Gasteiger charge is 2.54. The van der Waals surface area contributed by atoms with Crippen LogP contribution in [0.4, 0.5) is 4.79 Å². The number of benzene rings is 2. The van der Waals surface area contributed by atoms with E-state index < -0.39 is 35.2 Å². The Labute approximate surface area is 234 Å². The summed E-state index contributed by atoms with van der Waals surface area (Å²) in [5, 5.41) is 2.24. The van der Waals surface area contributed by atoms with Crippen molar-refractivity contribution >= 4 is 52.3 Å². The lowest BCUT2D eigenvalue weighted by atomic mass is 10.0. The van der Waals surface area contributed by atoms with Crippen LogP contribution in [-0.2, 0) is 19.1 Å². The second-order valence-corrected chi connectivity index (χ2v) is 11.6. The molecule has 0 bridgehead atoms. The molecule has 1 saturated heterocycles. The van der Waals surface area contributed by atoms with Crippen LogP contribution in [0.25, 0.3) is 0 Å². The zero-order valence-corrected chi connectivity index (χ0v) is 23.8. The number of allylic oxidation sites excluding steroid dienone is 2. The predicted octanol–water partition coefficient (Wildman–Crippen LogP) is 5.37. The van der Waals surface area contributed by atoms with Gasteiger partial charge < -0.3 is 14.8 Å². The van der Waals surface area contributed by atoms with Crippen molar-refractivity contribution in [1.82, 2.24) is 10.2 Å². The molecule has 2 aliphatic heterocycles. The molecule has 2 aliphatic rings. The van der Waals surface area contributed by atoms with Gasteiger partial charge in [-0.3, -0.25) is 9.69 Å². The number of nitrogens with one attached hydrogen (secondary N) is 1. The van der Waals surface area contributed by atoms with Crippen molar-refractivity contribution in [1.29, 1.82) is 0 Å². The first kappa shape index (κ1) is 27.3. The molecule has 2 atom stereocenters. The molecular weight excluding hydrogens is 603 g/mol. The second-order valence-electron chi connectivity index (χ2n) is 9.57. The minimum absolute atomic E-state index is 0.217. The Kier molecular flexibility index (Phi) is 8.63.